The second-order valence-electron chi connectivity index (χ2n) is 5.76. The minimum Gasteiger partial charge on any atom is -0.325 e. The van der Waals surface area contributed by atoms with Crippen LogP contribution in [-0.2, 0) is 4.79 Å². The van der Waals surface area contributed by atoms with Gasteiger partial charge in [0.2, 0.25) is 5.91 Å². The zero-order valence-electron chi connectivity index (χ0n) is 12.4. The van der Waals surface area contributed by atoms with Crippen molar-refractivity contribution in [3.63, 3.8) is 0 Å². The van der Waals surface area contributed by atoms with Crippen molar-refractivity contribution < 1.29 is 4.79 Å². The summed E-state index contributed by atoms with van der Waals surface area (Å²) < 4.78 is 0. The molecule has 2 fully saturated rings. The Hall–Kier alpha value is -0.220. The Morgan fingerprint density at radius 2 is 2.21 bits per heavy atom. The Bertz CT molecular complexity index is 292. The van der Waals surface area contributed by atoms with E-state index in [1.807, 2.05) is 0 Å². The molecular formula is C15H28N2OS. The average molecular weight is 284 g/mol. The highest BCUT2D eigenvalue weighted by Crippen LogP contribution is 2.28. The summed E-state index contributed by atoms with van der Waals surface area (Å²) in [6.45, 7) is 5.32. The van der Waals surface area contributed by atoms with E-state index in [9.17, 15) is 4.79 Å². The van der Waals surface area contributed by atoms with Crippen LogP contribution in [0.3, 0.4) is 0 Å². The number of carbonyl (C=O) groups is 1. The number of hydrogen-bond donors (Lipinski definition) is 1. The maximum absolute atomic E-state index is 12.5. The molecule has 19 heavy (non-hydrogen) atoms. The van der Waals surface area contributed by atoms with Gasteiger partial charge in [0.15, 0.2) is 0 Å². The van der Waals surface area contributed by atoms with E-state index in [0.29, 0.717) is 11.2 Å². The van der Waals surface area contributed by atoms with Gasteiger partial charge in [-0.1, -0.05) is 33.1 Å². The van der Waals surface area contributed by atoms with E-state index >= 15 is 0 Å². The van der Waals surface area contributed by atoms with Crippen LogP contribution >= 0.6 is 11.8 Å². The molecule has 3 unspecified atom stereocenters. The molecule has 2 rings (SSSR count). The smallest absolute Gasteiger partial charge is 0.241 e. The first-order valence-corrected chi connectivity index (χ1v) is 8.99. The van der Waals surface area contributed by atoms with Gasteiger partial charge in [-0.05, 0) is 31.4 Å². The molecule has 0 aromatic rings. The van der Waals surface area contributed by atoms with E-state index in [0.717, 1.165) is 25.8 Å². The van der Waals surface area contributed by atoms with E-state index in [2.05, 4.69) is 35.8 Å². The summed E-state index contributed by atoms with van der Waals surface area (Å²) in [5.74, 6) is 1.63. The zero-order chi connectivity index (χ0) is 13.7. The molecule has 3 nitrogen and oxygen atoms in total. The lowest BCUT2D eigenvalue weighted by Crippen LogP contribution is -2.41. The normalized spacial score (nSPS) is 32.0. The van der Waals surface area contributed by atoms with Gasteiger partial charge >= 0.3 is 0 Å². The van der Waals surface area contributed by atoms with Gasteiger partial charge in [-0.25, -0.2) is 0 Å². The van der Waals surface area contributed by atoms with Crippen molar-refractivity contribution >= 4 is 17.7 Å². The van der Waals surface area contributed by atoms with Crippen LogP contribution in [0, 0.1) is 0 Å². The SMILES string of the molecule is CCCCC1NC(CC)N(CC2CCCCS2)C1=O. The van der Waals surface area contributed by atoms with Crippen LogP contribution in [0.2, 0.25) is 0 Å². The van der Waals surface area contributed by atoms with Gasteiger partial charge in [-0.2, -0.15) is 11.8 Å². The minimum atomic E-state index is 0.0819. The van der Waals surface area contributed by atoms with E-state index in [4.69, 9.17) is 0 Å². The van der Waals surface area contributed by atoms with Gasteiger partial charge in [0.1, 0.15) is 0 Å². The van der Waals surface area contributed by atoms with Gasteiger partial charge in [0, 0.05) is 11.8 Å². The molecule has 0 radical (unpaired) electrons. The first-order valence-electron chi connectivity index (χ1n) is 7.94. The molecule has 1 amide bonds. The van der Waals surface area contributed by atoms with Crippen LogP contribution in [0.5, 0.6) is 0 Å². The second kappa shape index (κ2) is 7.53. The van der Waals surface area contributed by atoms with Crippen molar-refractivity contribution in [2.45, 2.75) is 76.3 Å². The fourth-order valence-corrected chi connectivity index (χ4v) is 4.39. The number of thioether (sulfide) groups is 1. The summed E-state index contributed by atoms with van der Waals surface area (Å²) in [4.78, 5) is 14.6. The highest BCUT2D eigenvalue weighted by molar-refractivity contribution is 7.99. The molecule has 0 spiro atoms. The molecule has 2 aliphatic heterocycles. The molecule has 1 N–H and O–H groups in total. The lowest BCUT2D eigenvalue weighted by molar-refractivity contribution is -0.130. The fourth-order valence-electron chi connectivity index (χ4n) is 3.09. The van der Waals surface area contributed by atoms with Crippen LogP contribution in [0.1, 0.15) is 58.8 Å². The van der Waals surface area contributed by atoms with Gasteiger partial charge in [-0.15, -0.1) is 0 Å². The Labute approximate surface area is 121 Å². The van der Waals surface area contributed by atoms with E-state index in [-0.39, 0.29) is 12.2 Å². The average Bonchev–Trinajstić information content (AvgIpc) is 2.74. The van der Waals surface area contributed by atoms with Crippen LogP contribution in [0.15, 0.2) is 0 Å². The van der Waals surface area contributed by atoms with Crippen LogP contribution in [0.4, 0.5) is 0 Å². The molecule has 2 heterocycles. The Morgan fingerprint density at radius 3 is 2.84 bits per heavy atom. The lowest BCUT2D eigenvalue weighted by Gasteiger charge is -2.29. The predicted octanol–water partition coefficient (Wildman–Crippen LogP) is 3.00. The summed E-state index contributed by atoms with van der Waals surface area (Å²) in [6.07, 6.45) is 8.58. The van der Waals surface area contributed by atoms with Crippen LogP contribution in [-0.4, -0.2) is 40.6 Å². The standard InChI is InChI=1S/C15H28N2OS/c1-3-5-9-13-15(18)17(14(4-2)16-13)11-12-8-6-7-10-19-12/h12-14,16H,3-11H2,1-2H3. The van der Waals surface area contributed by atoms with E-state index in [1.165, 1.54) is 31.4 Å². The van der Waals surface area contributed by atoms with Gasteiger partial charge in [-0.3, -0.25) is 10.1 Å². The predicted molar refractivity (Wildman–Crippen MR) is 82.3 cm³/mol. The van der Waals surface area contributed by atoms with Gasteiger partial charge < -0.3 is 4.90 Å². The minimum absolute atomic E-state index is 0.0819. The maximum Gasteiger partial charge on any atom is 0.241 e. The third-order valence-electron chi connectivity index (χ3n) is 4.26. The number of nitrogens with zero attached hydrogens (tertiary/aromatic N) is 1. The third-order valence-corrected chi connectivity index (χ3v) is 5.64. The Morgan fingerprint density at radius 1 is 1.37 bits per heavy atom. The molecule has 4 heteroatoms. The Kier molecular flexibility index (Phi) is 6.02. The molecular weight excluding hydrogens is 256 g/mol. The summed E-state index contributed by atoms with van der Waals surface area (Å²) >= 11 is 2.06. The Balaban J connectivity index is 1.91. The fraction of sp³-hybridized carbons (Fsp3) is 0.933. The molecule has 0 aromatic heterocycles. The maximum atomic E-state index is 12.5. The monoisotopic (exact) mass is 284 g/mol. The van der Waals surface area contributed by atoms with Crippen molar-refractivity contribution in [2.75, 3.05) is 12.3 Å². The first kappa shape index (κ1) is 15.2. The largest absolute Gasteiger partial charge is 0.325 e. The quantitative estimate of drug-likeness (QED) is 0.814. The first-order chi connectivity index (χ1) is 9.26. The van der Waals surface area contributed by atoms with Crippen LogP contribution in [0.25, 0.3) is 0 Å². The lowest BCUT2D eigenvalue weighted by atomic mass is 10.1. The number of carbonyl (C=O) groups excluding carboxylic acids is 1. The van der Waals surface area contributed by atoms with Crippen molar-refractivity contribution in [3.05, 3.63) is 0 Å². The number of rotatable bonds is 6. The van der Waals surface area contributed by atoms with Crippen molar-refractivity contribution in [2.24, 2.45) is 0 Å². The van der Waals surface area contributed by atoms with E-state index < -0.39 is 0 Å². The molecule has 3 atom stereocenters. The molecule has 0 aromatic carbocycles. The molecule has 2 aliphatic rings. The summed E-state index contributed by atoms with van der Waals surface area (Å²) in [7, 11) is 0. The van der Waals surface area contributed by atoms with Crippen molar-refractivity contribution in [1.82, 2.24) is 10.2 Å². The van der Waals surface area contributed by atoms with E-state index in [1.54, 1.807) is 0 Å². The summed E-state index contributed by atoms with van der Waals surface area (Å²) in [5, 5.41) is 4.20. The molecule has 0 saturated carbocycles. The zero-order valence-corrected chi connectivity index (χ0v) is 13.2. The van der Waals surface area contributed by atoms with Gasteiger partial charge in [0.05, 0.1) is 12.2 Å². The van der Waals surface area contributed by atoms with Crippen LogP contribution < -0.4 is 5.32 Å². The number of hydrogen-bond acceptors (Lipinski definition) is 3. The van der Waals surface area contributed by atoms with Gasteiger partial charge in [0.25, 0.3) is 0 Å². The summed E-state index contributed by atoms with van der Waals surface area (Å²) in [6, 6.07) is 0.0819. The number of amides is 1. The third kappa shape index (κ3) is 3.88. The molecule has 0 bridgehead atoms. The molecule has 0 aliphatic carbocycles. The molecule has 110 valence electrons. The number of unbranched alkanes of at least 4 members (excludes halogenated alkanes) is 1. The summed E-state index contributed by atoms with van der Waals surface area (Å²) in [5.41, 5.74) is 0. The molecule has 2 saturated heterocycles. The highest BCUT2D eigenvalue weighted by Gasteiger charge is 2.38. The van der Waals surface area contributed by atoms with Crippen molar-refractivity contribution in [3.8, 4) is 0 Å². The second-order valence-corrected chi connectivity index (χ2v) is 7.17. The van der Waals surface area contributed by atoms with Crippen molar-refractivity contribution in [1.29, 1.82) is 0 Å². The number of nitrogens with one attached hydrogen (secondary N) is 1. The highest BCUT2D eigenvalue weighted by atomic mass is 32.2. The topological polar surface area (TPSA) is 32.3 Å².